The molecule has 3 unspecified atom stereocenters. The Bertz CT molecular complexity index is 248. The first-order chi connectivity index (χ1) is 8.10. The average Bonchev–Trinajstić information content (AvgIpc) is 2.37. The normalized spacial score (nSPS) is 26.6. The van der Waals surface area contributed by atoms with Gasteiger partial charge >= 0.3 is 0 Å². The molecule has 1 heterocycles. The standard InChI is InChI=1S/C13H26N2OS/c1-5-11-6-7-14-12(8-11)13(16)15(3)10(2)9-17-4/h10-12,14H,5-9H2,1-4H3. The van der Waals surface area contributed by atoms with E-state index in [4.69, 9.17) is 0 Å². The Hall–Kier alpha value is -0.220. The summed E-state index contributed by atoms with van der Waals surface area (Å²) in [5, 5.41) is 3.36. The highest BCUT2D eigenvalue weighted by molar-refractivity contribution is 7.98. The highest BCUT2D eigenvalue weighted by atomic mass is 32.2. The number of hydrogen-bond acceptors (Lipinski definition) is 3. The Labute approximate surface area is 110 Å². The minimum atomic E-state index is 0.0445. The van der Waals surface area contributed by atoms with Crippen LogP contribution in [-0.2, 0) is 4.79 Å². The molecule has 1 rings (SSSR count). The maximum atomic E-state index is 12.3. The van der Waals surface area contributed by atoms with Crippen LogP contribution in [0, 0.1) is 5.92 Å². The Morgan fingerprint density at radius 2 is 2.29 bits per heavy atom. The van der Waals surface area contributed by atoms with Crippen molar-refractivity contribution in [3.63, 3.8) is 0 Å². The lowest BCUT2D eigenvalue weighted by atomic mass is 9.90. The summed E-state index contributed by atoms with van der Waals surface area (Å²) in [7, 11) is 1.93. The molecule has 0 aromatic rings. The molecule has 0 bridgehead atoms. The number of carbonyl (C=O) groups is 1. The molecule has 1 aliphatic heterocycles. The van der Waals surface area contributed by atoms with Crippen LogP contribution in [0.4, 0.5) is 0 Å². The van der Waals surface area contributed by atoms with Crippen molar-refractivity contribution in [2.75, 3.05) is 25.6 Å². The van der Waals surface area contributed by atoms with Crippen LogP contribution in [0.15, 0.2) is 0 Å². The Morgan fingerprint density at radius 1 is 1.59 bits per heavy atom. The second-order valence-corrected chi connectivity index (χ2v) is 5.97. The molecule has 1 N–H and O–H groups in total. The van der Waals surface area contributed by atoms with E-state index in [-0.39, 0.29) is 11.9 Å². The second kappa shape index (κ2) is 7.27. The summed E-state index contributed by atoms with van der Waals surface area (Å²) in [5.74, 6) is 1.99. The highest BCUT2D eigenvalue weighted by Crippen LogP contribution is 2.20. The van der Waals surface area contributed by atoms with Crippen molar-refractivity contribution in [3.05, 3.63) is 0 Å². The average molecular weight is 258 g/mol. The Morgan fingerprint density at radius 3 is 2.88 bits per heavy atom. The molecule has 1 fully saturated rings. The molecule has 17 heavy (non-hydrogen) atoms. The molecule has 1 aliphatic rings. The van der Waals surface area contributed by atoms with Crippen molar-refractivity contribution >= 4 is 17.7 Å². The van der Waals surface area contributed by atoms with Gasteiger partial charge in [0.15, 0.2) is 0 Å². The molecule has 0 radical (unpaired) electrons. The van der Waals surface area contributed by atoms with Gasteiger partial charge in [-0.05, 0) is 38.5 Å². The molecule has 3 nitrogen and oxygen atoms in total. The van der Waals surface area contributed by atoms with Gasteiger partial charge in [-0.1, -0.05) is 13.3 Å². The van der Waals surface area contributed by atoms with Crippen LogP contribution in [0.5, 0.6) is 0 Å². The van der Waals surface area contributed by atoms with Gasteiger partial charge in [0.25, 0.3) is 0 Å². The number of nitrogens with zero attached hydrogens (tertiary/aromatic N) is 1. The first-order valence-corrected chi connectivity index (χ1v) is 7.98. The molecule has 0 saturated carbocycles. The van der Waals surface area contributed by atoms with E-state index in [1.54, 1.807) is 11.8 Å². The minimum Gasteiger partial charge on any atom is -0.341 e. The van der Waals surface area contributed by atoms with Crippen LogP contribution in [0.1, 0.15) is 33.1 Å². The van der Waals surface area contributed by atoms with Gasteiger partial charge in [0.05, 0.1) is 6.04 Å². The van der Waals surface area contributed by atoms with Gasteiger partial charge < -0.3 is 10.2 Å². The van der Waals surface area contributed by atoms with Crippen LogP contribution in [0.2, 0.25) is 0 Å². The second-order valence-electron chi connectivity index (χ2n) is 5.06. The third-order valence-electron chi connectivity index (χ3n) is 3.80. The van der Waals surface area contributed by atoms with Gasteiger partial charge in [-0.2, -0.15) is 11.8 Å². The van der Waals surface area contributed by atoms with Gasteiger partial charge in [-0.15, -0.1) is 0 Å². The van der Waals surface area contributed by atoms with E-state index >= 15 is 0 Å². The monoisotopic (exact) mass is 258 g/mol. The first-order valence-electron chi connectivity index (χ1n) is 6.59. The van der Waals surface area contributed by atoms with Gasteiger partial charge in [0.2, 0.25) is 5.91 Å². The van der Waals surface area contributed by atoms with E-state index in [9.17, 15) is 4.79 Å². The molecule has 0 aliphatic carbocycles. The zero-order valence-corrected chi connectivity index (χ0v) is 12.3. The fraction of sp³-hybridized carbons (Fsp3) is 0.923. The third kappa shape index (κ3) is 4.18. The maximum Gasteiger partial charge on any atom is 0.239 e. The summed E-state index contributed by atoms with van der Waals surface area (Å²) in [6, 6.07) is 0.365. The smallest absolute Gasteiger partial charge is 0.239 e. The molecule has 3 atom stereocenters. The summed E-state index contributed by atoms with van der Waals surface area (Å²) >= 11 is 1.79. The molecule has 1 saturated heterocycles. The van der Waals surface area contributed by atoms with Gasteiger partial charge in [0, 0.05) is 18.8 Å². The quantitative estimate of drug-likeness (QED) is 0.818. The number of piperidine rings is 1. The predicted molar refractivity (Wildman–Crippen MR) is 75.4 cm³/mol. The van der Waals surface area contributed by atoms with Crippen molar-refractivity contribution in [2.45, 2.75) is 45.2 Å². The van der Waals surface area contributed by atoms with E-state index in [0.29, 0.717) is 6.04 Å². The number of hydrogen-bond donors (Lipinski definition) is 1. The lowest BCUT2D eigenvalue weighted by Crippen LogP contribution is -2.51. The number of thioether (sulfide) groups is 1. The largest absolute Gasteiger partial charge is 0.341 e. The number of rotatable bonds is 5. The van der Waals surface area contributed by atoms with E-state index in [0.717, 1.165) is 24.6 Å². The lowest BCUT2D eigenvalue weighted by Gasteiger charge is -2.34. The summed E-state index contributed by atoms with van der Waals surface area (Å²) in [6.45, 7) is 5.33. The molecule has 1 amide bonds. The number of likely N-dealkylation sites (N-methyl/N-ethyl adjacent to an activating group) is 1. The maximum absolute atomic E-state index is 12.3. The molecular formula is C13H26N2OS. The van der Waals surface area contributed by atoms with Crippen LogP contribution < -0.4 is 5.32 Å². The summed E-state index contributed by atoms with van der Waals surface area (Å²) in [4.78, 5) is 14.2. The van der Waals surface area contributed by atoms with Crippen LogP contribution >= 0.6 is 11.8 Å². The fourth-order valence-electron chi connectivity index (χ4n) is 2.37. The van der Waals surface area contributed by atoms with Crippen LogP contribution in [-0.4, -0.2) is 48.5 Å². The Kier molecular flexibility index (Phi) is 6.34. The van der Waals surface area contributed by atoms with Gasteiger partial charge in [-0.25, -0.2) is 0 Å². The third-order valence-corrected chi connectivity index (χ3v) is 4.62. The van der Waals surface area contributed by atoms with E-state index in [1.165, 1.54) is 12.8 Å². The van der Waals surface area contributed by atoms with E-state index in [2.05, 4.69) is 25.4 Å². The number of nitrogens with one attached hydrogen (secondary N) is 1. The lowest BCUT2D eigenvalue weighted by molar-refractivity contribution is -0.134. The summed E-state index contributed by atoms with van der Waals surface area (Å²) < 4.78 is 0. The van der Waals surface area contributed by atoms with Crippen molar-refractivity contribution in [1.82, 2.24) is 10.2 Å². The Balaban J connectivity index is 2.50. The zero-order chi connectivity index (χ0) is 12.8. The number of carbonyl (C=O) groups excluding carboxylic acids is 1. The van der Waals surface area contributed by atoms with Crippen LogP contribution in [0.25, 0.3) is 0 Å². The fourth-order valence-corrected chi connectivity index (χ4v) is 3.08. The van der Waals surface area contributed by atoms with Gasteiger partial charge in [0.1, 0.15) is 0 Å². The van der Waals surface area contributed by atoms with E-state index in [1.807, 2.05) is 11.9 Å². The highest BCUT2D eigenvalue weighted by Gasteiger charge is 2.29. The topological polar surface area (TPSA) is 32.3 Å². The SMILES string of the molecule is CCC1CCNC(C(=O)N(C)C(C)CSC)C1. The number of amides is 1. The summed E-state index contributed by atoms with van der Waals surface area (Å²) in [5.41, 5.74) is 0. The van der Waals surface area contributed by atoms with Crippen LogP contribution in [0.3, 0.4) is 0 Å². The summed E-state index contributed by atoms with van der Waals surface area (Å²) in [6.07, 6.45) is 5.49. The molecule has 0 aromatic carbocycles. The first kappa shape index (κ1) is 14.8. The molecule has 100 valence electrons. The molecular weight excluding hydrogens is 232 g/mol. The molecule has 0 spiro atoms. The van der Waals surface area contributed by atoms with Gasteiger partial charge in [-0.3, -0.25) is 4.79 Å². The van der Waals surface area contributed by atoms with Crippen molar-refractivity contribution in [2.24, 2.45) is 5.92 Å². The minimum absolute atomic E-state index is 0.0445. The molecule has 4 heteroatoms. The zero-order valence-electron chi connectivity index (χ0n) is 11.5. The van der Waals surface area contributed by atoms with E-state index < -0.39 is 0 Å². The molecule has 0 aromatic heterocycles. The van der Waals surface area contributed by atoms with Crippen molar-refractivity contribution < 1.29 is 4.79 Å². The van der Waals surface area contributed by atoms with Crippen molar-refractivity contribution in [1.29, 1.82) is 0 Å². The predicted octanol–water partition coefficient (Wildman–Crippen LogP) is 1.97. The van der Waals surface area contributed by atoms with Crippen molar-refractivity contribution in [3.8, 4) is 0 Å².